The van der Waals surface area contributed by atoms with Crippen molar-refractivity contribution in [1.82, 2.24) is 4.98 Å². The van der Waals surface area contributed by atoms with E-state index in [9.17, 15) is 4.79 Å². The van der Waals surface area contributed by atoms with Crippen LogP contribution < -0.4 is 4.74 Å². The molecule has 0 aliphatic heterocycles. The van der Waals surface area contributed by atoms with Gasteiger partial charge in [-0.1, -0.05) is 60.1 Å². The van der Waals surface area contributed by atoms with Crippen molar-refractivity contribution in [2.45, 2.75) is 25.4 Å². The molecule has 0 amide bonds. The lowest BCUT2D eigenvalue weighted by Gasteiger charge is -2.19. The van der Waals surface area contributed by atoms with E-state index in [-0.39, 0.29) is 11.7 Å². The molecule has 0 spiro atoms. The number of benzene rings is 3. The Morgan fingerprint density at radius 1 is 0.941 bits per heavy atom. The molecule has 0 radical (unpaired) electrons. The van der Waals surface area contributed by atoms with Crippen molar-refractivity contribution >= 4 is 40.2 Å². The van der Waals surface area contributed by atoms with Crippen LogP contribution in [0.2, 0.25) is 5.02 Å². The number of aliphatic carboxylic acids is 1. The van der Waals surface area contributed by atoms with E-state index in [0.717, 1.165) is 40.9 Å². The van der Waals surface area contributed by atoms with Gasteiger partial charge in [-0.15, -0.1) is 0 Å². The summed E-state index contributed by atoms with van der Waals surface area (Å²) in [6.07, 6.45) is 1.85. The maximum absolute atomic E-state index is 10.8. The third kappa shape index (κ3) is 6.75. The predicted octanol–water partition coefficient (Wildman–Crippen LogP) is 7.20. The van der Waals surface area contributed by atoms with Crippen LogP contribution in [-0.4, -0.2) is 27.6 Å². The van der Waals surface area contributed by atoms with E-state index >= 15 is 0 Å². The third-order valence-electron chi connectivity index (χ3n) is 5.60. The fourth-order valence-corrected chi connectivity index (χ4v) is 4.73. The molecule has 34 heavy (non-hydrogen) atoms. The number of aromatic nitrogens is 1. The number of carboxylic acids is 1. The molecule has 6 heteroatoms. The summed E-state index contributed by atoms with van der Waals surface area (Å²) in [6, 6.07) is 28.3. The highest BCUT2D eigenvalue weighted by Crippen LogP contribution is 2.32. The summed E-state index contributed by atoms with van der Waals surface area (Å²) < 4.78 is 5.99. The van der Waals surface area contributed by atoms with E-state index in [0.29, 0.717) is 11.6 Å². The Bertz CT molecular complexity index is 1230. The molecule has 0 fully saturated rings. The van der Waals surface area contributed by atoms with Crippen LogP contribution in [0, 0.1) is 0 Å². The summed E-state index contributed by atoms with van der Waals surface area (Å²) in [4.78, 5) is 15.4. The second-order valence-electron chi connectivity index (χ2n) is 8.05. The Balaban J connectivity index is 1.41. The molecule has 4 rings (SSSR count). The lowest BCUT2D eigenvalue weighted by Crippen LogP contribution is -2.04. The molecule has 0 aliphatic carbocycles. The van der Waals surface area contributed by atoms with Gasteiger partial charge in [0.15, 0.2) is 0 Å². The predicted molar refractivity (Wildman–Crippen MR) is 140 cm³/mol. The molecular weight excluding hydrogens is 466 g/mol. The lowest BCUT2D eigenvalue weighted by molar-refractivity contribution is -0.133. The Kier molecular flexibility index (Phi) is 8.45. The highest BCUT2D eigenvalue weighted by atomic mass is 35.5. The van der Waals surface area contributed by atoms with E-state index in [1.54, 1.807) is 0 Å². The molecular formula is C28H26ClNO3S. The second-order valence-corrected chi connectivity index (χ2v) is 9.59. The number of hydrogen-bond donors (Lipinski definition) is 1. The molecule has 0 saturated carbocycles. The summed E-state index contributed by atoms with van der Waals surface area (Å²) in [5.74, 6) is 1.19. The molecule has 1 aromatic heterocycles. The number of carboxylic acid groups (broad SMARTS) is 1. The Morgan fingerprint density at radius 3 is 2.38 bits per heavy atom. The van der Waals surface area contributed by atoms with E-state index in [1.165, 1.54) is 22.9 Å². The highest BCUT2D eigenvalue weighted by Gasteiger charge is 2.15. The van der Waals surface area contributed by atoms with Gasteiger partial charge < -0.3 is 9.84 Å². The minimum Gasteiger partial charge on any atom is -0.487 e. The van der Waals surface area contributed by atoms with Crippen LogP contribution in [0.5, 0.6) is 5.75 Å². The average molecular weight is 492 g/mol. The van der Waals surface area contributed by atoms with E-state index in [4.69, 9.17) is 21.4 Å². The fourth-order valence-electron chi connectivity index (χ4n) is 3.91. The molecule has 4 aromatic rings. The molecule has 1 N–H and O–H groups in total. The number of para-hydroxylation sites is 1. The molecule has 1 atom stereocenters. The highest BCUT2D eigenvalue weighted by molar-refractivity contribution is 7.99. The summed E-state index contributed by atoms with van der Waals surface area (Å²) in [5, 5.41) is 10.7. The number of ether oxygens (including phenoxy) is 1. The summed E-state index contributed by atoms with van der Waals surface area (Å²) in [7, 11) is 0. The number of nitrogens with zero attached hydrogens (tertiary/aromatic N) is 1. The van der Waals surface area contributed by atoms with Crippen LogP contribution in [-0.2, 0) is 11.4 Å². The van der Waals surface area contributed by atoms with Crippen molar-refractivity contribution in [2.24, 2.45) is 0 Å². The van der Waals surface area contributed by atoms with Gasteiger partial charge in [-0.05, 0) is 66.1 Å². The van der Waals surface area contributed by atoms with Crippen LogP contribution in [0.1, 0.15) is 35.6 Å². The van der Waals surface area contributed by atoms with Gasteiger partial charge in [0.2, 0.25) is 0 Å². The molecule has 0 saturated heterocycles. The Hall–Kier alpha value is -3.02. The van der Waals surface area contributed by atoms with Crippen molar-refractivity contribution in [3.8, 4) is 5.75 Å². The first-order valence-electron chi connectivity index (χ1n) is 11.2. The largest absolute Gasteiger partial charge is 0.487 e. The fraction of sp³-hybridized carbons (Fsp3) is 0.214. The smallest absolute Gasteiger partial charge is 0.313 e. The van der Waals surface area contributed by atoms with Gasteiger partial charge in [-0.3, -0.25) is 4.79 Å². The monoisotopic (exact) mass is 491 g/mol. The van der Waals surface area contributed by atoms with Gasteiger partial charge in [-0.2, -0.15) is 11.8 Å². The van der Waals surface area contributed by atoms with Crippen molar-refractivity contribution in [1.29, 1.82) is 0 Å². The number of fused-ring (bicyclic) bond motifs is 1. The van der Waals surface area contributed by atoms with E-state index in [2.05, 4.69) is 35.3 Å². The second kappa shape index (κ2) is 11.9. The van der Waals surface area contributed by atoms with Gasteiger partial charge in [0.1, 0.15) is 12.4 Å². The molecule has 174 valence electrons. The zero-order valence-electron chi connectivity index (χ0n) is 18.7. The maximum atomic E-state index is 10.8. The first-order valence-corrected chi connectivity index (χ1v) is 12.7. The van der Waals surface area contributed by atoms with Crippen LogP contribution in [0.25, 0.3) is 10.9 Å². The van der Waals surface area contributed by atoms with Crippen molar-refractivity contribution in [2.75, 3.05) is 11.5 Å². The molecule has 1 heterocycles. The molecule has 4 nitrogen and oxygen atoms in total. The third-order valence-corrected chi connectivity index (χ3v) is 6.89. The summed E-state index contributed by atoms with van der Waals surface area (Å²) in [6.45, 7) is 0.408. The van der Waals surface area contributed by atoms with Crippen molar-refractivity contribution in [3.63, 3.8) is 0 Å². The lowest BCUT2D eigenvalue weighted by atomic mass is 9.88. The maximum Gasteiger partial charge on any atom is 0.313 e. The molecule has 1 unspecified atom stereocenters. The Morgan fingerprint density at radius 2 is 1.65 bits per heavy atom. The number of carbonyl (C=O) groups is 1. The van der Waals surface area contributed by atoms with Crippen LogP contribution in [0.15, 0.2) is 84.9 Å². The number of pyridine rings is 1. The van der Waals surface area contributed by atoms with Crippen LogP contribution in [0.4, 0.5) is 0 Å². The van der Waals surface area contributed by atoms with Gasteiger partial charge >= 0.3 is 5.97 Å². The summed E-state index contributed by atoms with van der Waals surface area (Å²) >= 11 is 7.55. The molecule has 0 bridgehead atoms. The number of halogens is 1. The quantitative estimate of drug-likeness (QED) is 0.225. The average Bonchev–Trinajstić information content (AvgIpc) is 2.86. The van der Waals surface area contributed by atoms with Crippen molar-refractivity contribution in [3.05, 3.63) is 107 Å². The van der Waals surface area contributed by atoms with E-state index < -0.39 is 5.97 Å². The van der Waals surface area contributed by atoms with E-state index in [1.807, 2.05) is 54.6 Å². The van der Waals surface area contributed by atoms with Gasteiger partial charge in [-0.25, -0.2) is 4.98 Å². The van der Waals surface area contributed by atoms with Crippen LogP contribution >= 0.6 is 23.4 Å². The minimum absolute atomic E-state index is 0.143. The first-order chi connectivity index (χ1) is 16.6. The van der Waals surface area contributed by atoms with Gasteiger partial charge in [0.05, 0.1) is 17.0 Å². The summed E-state index contributed by atoms with van der Waals surface area (Å²) in [5.41, 5.74) is 4.25. The van der Waals surface area contributed by atoms with Crippen molar-refractivity contribution < 1.29 is 14.6 Å². The zero-order valence-corrected chi connectivity index (χ0v) is 20.3. The Labute approximate surface area is 208 Å². The molecule has 3 aromatic carbocycles. The standard InChI is InChI=1S/C28H26ClNO3S/c29-23-12-7-20(8-13-23)26(5-3-17-34-19-28(31)32)21-10-15-25(16-11-21)33-18-24-14-9-22-4-1-2-6-27(22)30-24/h1-2,4,6-16,26H,3,5,17-19H2,(H,31,32). The first kappa shape index (κ1) is 24.1. The van der Waals surface area contributed by atoms with Gasteiger partial charge in [0, 0.05) is 16.3 Å². The number of thioether (sulfide) groups is 1. The molecule has 0 aliphatic rings. The minimum atomic E-state index is -0.770. The number of rotatable bonds is 11. The topological polar surface area (TPSA) is 59.4 Å². The zero-order chi connectivity index (χ0) is 23.8. The van der Waals surface area contributed by atoms with Gasteiger partial charge in [0.25, 0.3) is 0 Å². The number of hydrogen-bond acceptors (Lipinski definition) is 4. The normalized spacial score (nSPS) is 11.9. The SMILES string of the molecule is O=C(O)CSCCCC(c1ccc(Cl)cc1)c1ccc(OCc2ccc3ccccc3n2)cc1. The van der Waals surface area contributed by atoms with Crippen LogP contribution in [0.3, 0.4) is 0 Å².